The van der Waals surface area contributed by atoms with Gasteiger partial charge in [0.15, 0.2) is 5.78 Å². The molecule has 0 heterocycles. The number of nitrogens with one attached hydrogen (secondary N) is 2. The molecule has 0 radical (unpaired) electrons. The van der Waals surface area contributed by atoms with Crippen LogP contribution in [0.1, 0.15) is 27.5 Å². The highest BCUT2D eigenvalue weighted by molar-refractivity contribution is 6.31. The Hall–Kier alpha value is -2.99. The fourth-order valence-electron chi connectivity index (χ4n) is 2.94. The third-order valence-electron chi connectivity index (χ3n) is 4.43. The van der Waals surface area contributed by atoms with Crippen molar-refractivity contribution in [2.75, 3.05) is 18.5 Å². The number of amides is 1. The summed E-state index contributed by atoms with van der Waals surface area (Å²) < 4.78 is 0. The van der Waals surface area contributed by atoms with E-state index >= 15 is 0 Å². The van der Waals surface area contributed by atoms with Gasteiger partial charge in [-0.15, -0.1) is 0 Å². The standard InChI is InChI=1S/C23H21ClN2O3/c24-18-11-12-20(19(13-18)23(29)17-9-5-2-6-10-17)26-22(28)14-25-21(15-27)16-7-3-1-4-8-16/h1-13,21,25,27H,14-15H2,(H,26,28)/t21-/m0/s1. The number of rotatable bonds is 8. The van der Waals surface area contributed by atoms with Crippen molar-refractivity contribution in [1.82, 2.24) is 5.32 Å². The molecule has 3 aromatic carbocycles. The van der Waals surface area contributed by atoms with Gasteiger partial charge in [0.05, 0.1) is 24.9 Å². The molecule has 6 heteroatoms. The van der Waals surface area contributed by atoms with Gasteiger partial charge in [-0.1, -0.05) is 72.3 Å². The van der Waals surface area contributed by atoms with Crippen LogP contribution in [0.3, 0.4) is 0 Å². The van der Waals surface area contributed by atoms with Crippen molar-refractivity contribution >= 4 is 29.0 Å². The van der Waals surface area contributed by atoms with Crippen molar-refractivity contribution in [3.05, 3.63) is 101 Å². The van der Waals surface area contributed by atoms with Crippen LogP contribution in [-0.2, 0) is 4.79 Å². The molecule has 0 aliphatic rings. The number of hydrogen-bond donors (Lipinski definition) is 3. The van der Waals surface area contributed by atoms with Gasteiger partial charge < -0.3 is 10.4 Å². The van der Waals surface area contributed by atoms with Crippen molar-refractivity contribution in [2.24, 2.45) is 0 Å². The van der Waals surface area contributed by atoms with Crippen LogP contribution in [0.25, 0.3) is 0 Å². The number of halogens is 1. The largest absolute Gasteiger partial charge is 0.394 e. The summed E-state index contributed by atoms with van der Waals surface area (Å²) in [5.74, 6) is -0.558. The molecule has 3 aromatic rings. The van der Waals surface area contributed by atoms with Crippen LogP contribution >= 0.6 is 11.6 Å². The molecule has 5 nitrogen and oxygen atoms in total. The first-order chi connectivity index (χ1) is 14.1. The summed E-state index contributed by atoms with van der Waals surface area (Å²) in [7, 11) is 0. The summed E-state index contributed by atoms with van der Waals surface area (Å²) in [4.78, 5) is 25.3. The van der Waals surface area contributed by atoms with Crippen LogP contribution in [0, 0.1) is 0 Å². The molecular formula is C23H21ClN2O3. The van der Waals surface area contributed by atoms with Gasteiger partial charge in [0.2, 0.25) is 5.91 Å². The number of aliphatic hydroxyl groups excluding tert-OH is 1. The summed E-state index contributed by atoms with van der Waals surface area (Å²) in [5, 5.41) is 15.8. The quantitative estimate of drug-likeness (QED) is 0.495. The lowest BCUT2D eigenvalue weighted by molar-refractivity contribution is -0.115. The molecule has 0 aliphatic heterocycles. The van der Waals surface area contributed by atoms with Crippen LogP contribution in [0.2, 0.25) is 5.02 Å². The fraction of sp³-hybridized carbons (Fsp3) is 0.130. The monoisotopic (exact) mass is 408 g/mol. The molecule has 3 N–H and O–H groups in total. The predicted octanol–water partition coefficient (Wildman–Crippen LogP) is 3.83. The maximum Gasteiger partial charge on any atom is 0.238 e. The van der Waals surface area contributed by atoms with Crippen molar-refractivity contribution < 1.29 is 14.7 Å². The number of anilines is 1. The summed E-state index contributed by atoms with van der Waals surface area (Å²) >= 11 is 6.07. The van der Waals surface area contributed by atoms with Crippen molar-refractivity contribution in [3.8, 4) is 0 Å². The van der Waals surface area contributed by atoms with E-state index in [2.05, 4.69) is 10.6 Å². The van der Waals surface area contributed by atoms with Crippen molar-refractivity contribution in [3.63, 3.8) is 0 Å². The number of carbonyl (C=O) groups excluding carboxylic acids is 2. The second-order valence-electron chi connectivity index (χ2n) is 6.46. The topological polar surface area (TPSA) is 78.4 Å². The Morgan fingerprint density at radius 2 is 1.59 bits per heavy atom. The Labute approximate surface area is 174 Å². The lowest BCUT2D eigenvalue weighted by atomic mass is 10.0. The smallest absolute Gasteiger partial charge is 0.238 e. The maximum atomic E-state index is 12.8. The van der Waals surface area contributed by atoms with E-state index in [-0.39, 0.29) is 30.9 Å². The van der Waals surface area contributed by atoms with Gasteiger partial charge >= 0.3 is 0 Å². The van der Waals surface area contributed by atoms with Crippen LogP contribution < -0.4 is 10.6 Å². The highest BCUT2D eigenvalue weighted by Gasteiger charge is 2.17. The molecule has 0 aromatic heterocycles. The molecule has 0 unspecified atom stereocenters. The van der Waals surface area contributed by atoms with Gasteiger partial charge in [-0.3, -0.25) is 14.9 Å². The Morgan fingerprint density at radius 3 is 2.24 bits per heavy atom. The van der Waals surface area contributed by atoms with E-state index in [4.69, 9.17) is 11.6 Å². The fourth-order valence-corrected chi connectivity index (χ4v) is 3.11. The first-order valence-electron chi connectivity index (χ1n) is 9.17. The molecule has 0 saturated heterocycles. The Balaban J connectivity index is 1.71. The van der Waals surface area contributed by atoms with Gasteiger partial charge in [0.25, 0.3) is 0 Å². The van der Waals surface area contributed by atoms with E-state index in [1.807, 2.05) is 36.4 Å². The molecule has 1 atom stereocenters. The van der Waals surface area contributed by atoms with Gasteiger partial charge in [-0.2, -0.15) is 0 Å². The zero-order chi connectivity index (χ0) is 20.6. The molecule has 148 valence electrons. The van der Waals surface area contributed by atoms with Crippen LogP contribution in [-0.4, -0.2) is 29.9 Å². The normalized spacial score (nSPS) is 11.7. The molecule has 0 fully saturated rings. The summed E-state index contributed by atoms with van der Waals surface area (Å²) in [5.41, 5.74) is 2.09. The lowest BCUT2D eigenvalue weighted by Crippen LogP contribution is -2.33. The molecule has 0 aliphatic carbocycles. The van der Waals surface area contributed by atoms with E-state index in [1.165, 1.54) is 0 Å². The summed E-state index contributed by atoms with van der Waals surface area (Å²) in [6.07, 6.45) is 0. The Kier molecular flexibility index (Phi) is 7.14. The zero-order valence-corrected chi connectivity index (χ0v) is 16.4. The molecule has 0 saturated carbocycles. The van der Waals surface area contributed by atoms with Gasteiger partial charge in [0, 0.05) is 16.1 Å². The highest BCUT2D eigenvalue weighted by atomic mass is 35.5. The number of hydrogen-bond acceptors (Lipinski definition) is 4. The van der Waals surface area contributed by atoms with E-state index < -0.39 is 0 Å². The minimum absolute atomic E-state index is 0.0261. The first-order valence-corrected chi connectivity index (χ1v) is 9.54. The highest BCUT2D eigenvalue weighted by Crippen LogP contribution is 2.24. The van der Waals surface area contributed by atoms with E-state index in [1.54, 1.807) is 42.5 Å². The molecule has 0 spiro atoms. The average molecular weight is 409 g/mol. The number of aliphatic hydroxyl groups is 1. The number of carbonyl (C=O) groups is 2. The number of ketones is 1. The third-order valence-corrected chi connectivity index (χ3v) is 4.66. The minimum atomic E-state index is -0.363. The average Bonchev–Trinajstić information content (AvgIpc) is 2.76. The van der Waals surface area contributed by atoms with Gasteiger partial charge in [0.1, 0.15) is 0 Å². The van der Waals surface area contributed by atoms with Crippen LogP contribution in [0.5, 0.6) is 0 Å². The summed E-state index contributed by atoms with van der Waals surface area (Å²) in [6.45, 7) is -0.169. The lowest BCUT2D eigenvalue weighted by Gasteiger charge is -2.17. The van der Waals surface area contributed by atoms with Crippen LogP contribution in [0.15, 0.2) is 78.9 Å². The first kappa shape index (κ1) is 20.7. The molecule has 0 bridgehead atoms. The Morgan fingerprint density at radius 1 is 0.931 bits per heavy atom. The van der Waals surface area contributed by atoms with E-state index in [0.29, 0.717) is 21.8 Å². The third kappa shape index (κ3) is 5.51. The van der Waals surface area contributed by atoms with E-state index in [9.17, 15) is 14.7 Å². The minimum Gasteiger partial charge on any atom is -0.394 e. The second-order valence-corrected chi connectivity index (χ2v) is 6.90. The maximum absolute atomic E-state index is 12.8. The van der Waals surface area contributed by atoms with Crippen molar-refractivity contribution in [2.45, 2.75) is 6.04 Å². The van der Waals surface area contributed by atoms with Crippen LogP contribution in [0.4, 0.5) is 5.69 Å². The molecule has 3 rings (SSSR count). The number of benzene rings is 3. The molecular weight excluding hydrogens is 388 g/mol. The Bertz CT molecular complexity index is 978. The summed E-state index contributed by atoms with van der Waals surface area (Å²) in [6, 6.07) is 22.6. The zero-order valence-electron chi connectivity index (χ0n) is 15.6. The molecule has 29 heavy (non-hydrogen) atoms. The SMILES string of the molecule is O=C(CN[C@@H](CO)c1ccccc1)Nc1ccc(Cl)cc1C(=O)c1ccccc1. The second kappa shape index (κ2) is 9.98. The predicted molar refractivity (Wildman–Crippen MR) is 114 cm³/mol. The van der Waals surface area contributed by atoms with Crippen molar-refractivity contribution in [1.29, 1.82) is 0 Å². The van der Waals surface area contributed by atoms with Gasteiger partial charge in [-0.25, -0.2) is 0 Å². The van der Waals surface area contributed by atoms with Gasteiger partial charge in [-0.05, 0) is 23.8 Å². The molecule has 1 amide bonds. The van der Waals surface area contributed by atoms with E-state index in [0.717, 1.165) is 5.56 Å².